The number of aliphatic carboxylic acids is 2. The van der Waals surface area contributed by atoms with Crippen LogP contribution < -0.4 is 21.4 Å². The number of carbonyl (C=O) groups excluding carboxylic acids is 2. The fourth-order valence-electron chi connectivity index (χ4n) is 4.86. The number of fused-ring (bicyclic) bond motifs is 1. The predicted octanol–water partition coefficient (Wildman–Crippen LogP) is -0.596. The molecule has 51 heavy (non-hydrogen) atoms. The maximum absolute atomic E-state index is 13.5. The van der Waals surface area contributed by atoms with Crippen LogP contribution in [-0.4, -0.2) is 101 Å². The van der Waals surface area contributed by atoms with Crippen molar-refractivity contribution in [2.75, 3.05) is 23.0 Å². The van der Waals surface area contributed by atoms with Gasteiger partial charge in [0.25, 0.3) is 21.9 Å². The Hall–Kier alpha value is -5.17. The largest absolute Gasteiger partial charge is 0.504 e. The number of nitrogens with one attached hydrogen (secondary N) is 1. The van der Waals surface area contributed by atoms with Crippen molar-refractivity contribution in [3.05, 3.63) is 57.9 Å². The number of β-lactam (4-membered cyclic amide) rings is 1. The third-order valence-electron chi connectivity index (χ3n) is 7.20. The SMILES string of the molecule is C[n+]1cc(CS(=O)(=O)O)c(N)nc1SCC1=C(C(=O)O)N2C(=O)C(NC(=O)/C(=N\OC(C(=O)O)c3ccc(O)c(O)c3)c3csc(N)n3)[C@H]2SC1. The highest BCUT2D eigenvalue weighted by atomic mass is 32.2. The Bertz CT molecular complexity index is 2120. The number of benzene rings is 1. The van der Waals surface area contributed by atoms with Gasteiger partial charge in [0.1, 0.15) is 34.8 Å². The minimum atomic E-state index is -4.37. The number of hydrogen-bond acceptors (Lipinski definition) is 17. The van der Waals surface area contributed by atoms with Crippen LogP contribution >= 0.6 is 34.9 Å². The van der Waals surface area contributed by atoms with Crippen LogP contribution in [0.1, 0.15) is 22.9 Å². The number of nitrogen functional groups attached to an aromatic ring is 2. The van der Waals surface area contributed by atoms with Crippen LogP contribution in [0.4, 0.5) is 10.9 Å². The van der Waals surface area contributed by atoms with Crippen LogP contribution in [0.25, 0.3) is 0 Å². The van der Waals surface area contributed by atoms with Crippen molar-refractivity contribution >= 4 is 85.4 Å². The van der Waals surface area contributed by atoms with E-state index in [0.717, 1.165) is 58.0 Å². The first-order valence-corrected chi connectivity index (χ1v) is 18.6. The first-order valence-electron chi connectivity index (χ1n) is 14.1. The molecular weight excluding hydrogens is 757 g/mol. The third-order valence-corrected chi connectivity index (χ3v) is 11.0. The number of carboxylic acid groups (broad SMARTS) is 2. The Balaban J connectivity index is 1.34. The number of aromatic hydroxyl groups is 2. The highest BCUT2D eigenvalue weighted by Crippen LogP contribution is 2.41. The quantitative estimate of drug-likeness (QED) is 0.0157. The maximum atomic E-state index is 13.5. The summed E-state index contributed by atoms with van der Waals surface area (Å²) in [6.07, 6.45) is -0.487. The fraction of sp³-hybridized carbons (Fsp3) is 0.259. The summed E-state index contributed by atoms with van der Waals surface area (Å²) < 4.78 is 33.2. The zero-order valence-electron chi connectivity index (χ0n) is 25.9. The molecule has 4 heterocycles. The standard InChI is InChI=1S/C27H26N8O12S4/c1-34-5-11(9-51(44,45)46)20(28)32-27(34)50-7-12-6-48-23-17(22(39)35(23)18(12)24(40)41)31-21(38)16(13-8-49-26(29)30-13)33-47-19(25(42)43)10-2-3-14(36)15(37)4-10/h2-5,8,17,19,23,28H,6-7,9H2,1H3,(H8,29,30,31,33,36,37,38,40,41,42,43,44,45,46)/p+1/t17?,19?,23-/m1/s1. The lowest BCUT2D eigenvalue weighted by Gasteiger charge is -2.49. The first-order chi connectivity index (χ1) is 23.9. The van der Waals surface area contributed by atoms with Gasteiger partial charge in [-0.05, 0) is 34.5 Å². The number of anilines is 2. The molecular formula is C27H27N8O12S4+. The van der Waals surface area contributed by atoms with Gasteiger partial charge < -0.3 is 42.0 Å². The van der Waals surface area contributed by atoms with Crippen molar-refractivity contribution in [3.63, 3.8) is 0 Å². The van der Waals surface area contributed by atoms with Gasteiger partial charge in [-0.3, -0.25) is 19.0 Å². The molecule has 2 aromatic heterocycles. The molecule has 0 spiro atoms. The molecule has 10 N–H and O–H groups in total. The number of thioether (sulfide) groups is 2. The van der Waals surface area contributed by atoms with E-state index in [1.807, 2.05) is 0 Å². The summed E-state index contributed by atoms with van der Waals surface area (Å²) in [6, 6.07) is 1.89. The molecule has 1 aromatic carbocycles. The molecule has 2 aliphatic heterocycles. The van der Waals surface area contributed by atoms with Crippen LogP contribution in [-0.2, 0) is 46.9 Å². The highest BCUT2D eigenvalue weighted by Gasteiger charge is 2.54. The number of thiazole rings is 1. The smallest absolute Gasteiger partial charge is 0.361 e. The number of nitrogens with two attached hydrogens (primary N) is 2. The maximum Gasteiger partial charge on any atom is 0.361 e. The topological polar surface area (TPSA) is 322 Å². The van der Waals surface area contributed by atoms with Gasteiger partial charge in [0.05, 0.1) is 12.6 Å². The summed E-state index contributed by atoms with van der Waals surface area (Å²) in [5.41, 5.74) is 10.9. The number of rotatable bonds is 13. The number of oxime groups is 1. The van der Waals surface area contributed by atoms with E-state index >= 15 is 0 Å². The third kappa shape index (κ3) is 8.09. The molecule has 3 aromatic rings. The predicted molar refractivity (Wildman–Crippen MR) is 180 cm³/mol. The van der Waals surface area contributed by atoms with Gasteiger partial charge in [-0.1, -0.05) is 11.2 Å². The fourth-order valence-corrected chi connectivity index (χ4v) is 8.46. The van der Waals surface area contributed by atoms with Gasteiger partial charge in [-0.15, -0.1) is 23.1 Å². The van der Waals surface area contributed by atoms with Crippen LogP contribution in [0, 0.1) is 0 Å². The van der Waals surface area contributed by atoms with Gasteiger partial charge in [-0.25, -0.2) is 19.1 Å². The van der Waals surface area contributed by atoms with Crippen molar-refractivity contribution in [1.82, 2.24) is 20.2 Å². The van der Waals surface area contributed by atoms with E-state index in [2.05, 4.69) is 20.4 Å². The minimum absolute atomic E-state index is 0.0274. The second-order valence-electron chi connectivity index (χ2n) is 10.8. The van der Waals surface area contributed by atoms with E-state index in [1.54, 1.807) is 7.05 Å². The van der Waals surface area contributed by atoms with Crippen LogP contribution in [0.5, 0.6) is 11.5 Å². The summed E-state index contributed by atoms with van der Waals surface area (Å²) in [4.78, 5) is 65.6. The number of phenolic OH excluding ortho intramolecular Hbond substituents is 2. The summed E-state index contributed by atoms with van der Waals surface area (Å²) in [5.74, 6) is -6.62. The second-order valence-corrected chi connectivity index (χ2v) is 15.2. The lowest BCUT2D eigenvalue weighted by molar-refractivity contribution is -0.713. The van der Waals surface area contributed by atoms with Crippen LogP contribution in [0.3, 0.4) is 0 Å². The summed E-state index contributed by atoms with van der Waals surface area (Å²) in [5, 5.41) is 46.2. The Morgan fingerprint density at radius 3 is 2.55 bits per heavy atom. The molecule has 3 atom stereocenters. The number of phenols is 2. The molecule has 2 amide bonds. The number of amides is 2. The summed E-state index contributed by atoms with van der Waals surface area (Å²) >= 11 is 3.17. The normalized spacial score (nSPS) is 18.1. The molecule has 20 nitrogen and oxygen atoms in total. The van der Waals surface area contributed by atoms with E-state index in [4.69, 9.17) is 20.9 Å². The lowest BCUT2D eigenvalue weighted by Crippen LogP contribution is -2.71. The Morgan fingerprint density at radius 2 is 1.94 bits per heavy atom. The molecule has 0 saturated carbocycles. The number of aromatic nitrogens is 3. The number of carbonyl (C=O) groups is 4. The van der Waals surface area contributed by atoms with Crippen molar-refractivity contribution in [1.29, 1.82) is 0 Å². The van der Waals surface area contributed by atoms with Crippen molar-refractivity contribution in [2.24, 2.45) is 12.2 Å². The van der Waals surface area contributed by atoms with Gasteiger partial charge in [0.2, 0.25) is 11.9 Å². The Labute approximate surface area is 299 Å². The summed E-state index contributed by atoms with van der Waals surface area (Å²) in [7, 11) is -2.82. The minimum Gasteiger partial charge on any atom is -0.504 e. The van der Waals surface area contributed by atoms with E-state index < -0.39 is 74.4 Å². The molecule has 24 heteroatoms. The van der Waals surface area contributed by atoms with Crippen LogP contribution in [0.15, 0.2) is 51.4 Å². The average molecular weight is 784 g/mol. The number of aryl methyl sites for hydroxylation is 1. The number of nitrogens with zero attached hydrogens (tertiary/aromatic N) is 5. The van der Waals surface area contributed by atoms with Crippen LogP contribution in [0.2, 0.25) is 0 Å². The van der Waals surface area contributed by atoms with E-state index in [0.29, 0.717) is 10.7 Å². The molecule has 1 saturated heterocycles. The number of carboxylic acids is 2. The van der Waals surface area contributed by atoms with Crippen molar-refractivity contribution in [3.8, 4) is 11.5 Å². The molecule has 0 aliphatic carbocycles. The van der Waals surface area contributed by atoms with E-state index in [1.165, 1.54) is 16.1 Å². The van der Waals surface area contributed by atoms with Gasteiger partial charge in [-0.2, -0.15) is 8.42 Å². The van der Waals surface area contributed by atoms with Gasteiger partial charge in [0.15, 0.2) is 22.3 Å². The van der Waals surface area contributed by atoms with E-state index in [9.17, 15) is 48.0 Å². The molecule has 2 unspecified atom stereocenters. The monoisotopic (exact) mass is 783 g/mol. The second kappa shape index (κ2) is 14.6. The zero-order valence-corrected chi connectivity index (χ0v) is 29.1. The Kier molecular flexibility index (Phi) is 10.6. The highest BCUT2D eigenvalue weighted by molar-refractivity contribution is 8.01. The number of hydrogen-bond donors (Lipinski definition) is 8. The Morgan fingerprint density at radius 1 is 1.22 bits per heavy atom. The van der Waals surface area contributed by atoms with E-state index in [-0.39, 0.29) is 45.0 Å². The lowest BCUT2D eigenvalue weighted by atomic mass is 10.0. The molecule has 2 aliphatic rings. The molecule has 270 valence electrons. The molecule has 1 fully saturated rings. The van der Waals surface area contributed by atoms with Gasteiger partial charge >= 0.3 is 17.1 Å². The molecule has 5 rings (SSSR count). The first kappa shape index (κ1) is 37.1. The zero-order chi connectivity index (χ0) is 37.4. The van der Waals surface area contributed by atoms with Crippen molar-refractivity contribution < 1.29 is 62.0 Å². The van der Waals surface area contributed by atoms with Gasteiger partial charge in [0, 0.05) is 22.4 Å². The molecule has 0 radical (unpaired) electrons. The average Bonchev–Trinajstić information content (AvgIpc) is 3.48. The van der Waals surface area contributed by atoms with Crippen molar-refractivity contribution in [2.45, 2.75) is 28.4 Å². The molecule has 0 bridgehead atoms. The summed E-state index contributed by atoms with van der Waals surface area (Å²) in [6.45, 7) is 0.